The van der Waals surface area contributed by atoms with Crippen molar-refractivity contribution in [2.24, 2.45) is 0 Å². The number of rotatable bonds is 4. The highest BCUT2D eigenvalue weighted by Gasteiger charge is 2.32. The number of likely N-dealkylation sites (N-methyl/N-ethyl adjacent to an activating group) is 1. The Hall–Kier alpha value is -3.21. The minimum Gasteiger partial charge on any atom is -0.378 e. The maximum absolute atomic E-state index is 13.1. The summed E-state index contributed by atoms with van der Waals surface area (Å²) in [5.74, 6) is -0.0884. The number of amides is 1. The fraction of sp³-hybridized carbons (Fsp3) is 0.308. The van der Waals surface area contributed by atoms with Crippen LogP contribution in [0.15, 0.2) is 60.8 Å². The zero-order valence-corrected chi connectivity index (χ0v) is 18.5. The van der Waals surface area contributed by atoms with Crippen molar-refractivity contribution in [3.8, 4) is 11.1 Å². The monoisotopic (exact) mass is 417 g/mol. The maximum atomic E-state index is 13.1. The molecule has 1 aromatic heterocycles. The third-order valence-corrected chi connectivity index (χ3v) is 6.40. The molecule has 5 heteroatoms. The molecule has 0 saturated heterocycles. The second-order valence-electron chi connectivity index (χ2n) is 8.53. The second kappa shape index (κ2) is 8.50. The fourth-order valence-electron chi connectivity index (χ4n) is 4.49. The van der Waals surface area contributed by atoms with Crippen LogP contribution in [0.1, 0.15) is 40.9 Å². The van der Waals surface area contributed by atoms with E-state index in [4.69, 9.17) is 0 Å². The third kappa shape index (κ3) is 4.18. The number of pyridine rings is 1. The van der Waals surface area contributed by atoms with E-state index >= 15 is 0 Å². The normalized spacial score (nSPS) is 17.7. The lowest BCUT2D eigenvalue weighted by atomic mass is 9.79. The van der Waals surface area contributed by atoms with Crippen LogP contribution in [-0.2, 0) is 6.42 Å². The first-order chi connectivity index (χ1) is 14.8. The quantitative estimate of drug-likeness (QED) is 0.589. The first-order valence-corrected chi connectivity index (χ1v) is 10.6. The number of anilines is 1. The molecule has 4 nitrogen and oxygen atoms in total. The van der Waals surface area contributed by atoms with Gasteiger partial charge in [-0.05, 0) is 59.9 Å². The van der Waals surface area contributed by atoms with Gasteiger partial charge in [-0.3, -0.25) is 9.78 Å². The summed E-state index contributed by atoms with van der Waals surface area (Å²) in [7, 11) is 5.98. The summed E-state index contributed by atoms with van der Waals surface area (Å²) in [5, 5.41) is 0. The average Bonchev–Trinajstić information content (AvgIpc) is 2.79. The first kappa shape index (κ1) is 21.0. The molecule has 0 aliphatic heterocycles. The zero-order valence-electron chi connectivity index (χ0n) is 18.5. The minimum absolute atomic E-state index is 0.0733. The number of fused-ring (bicyclic) bond motifs is 1. The lowest BCUT2D eigenvalue weighted by Crippen LogP contribution is -2.42. The van der Waals surface area contributed by atoms with Gasteiger partial charge in [0, 0.05) is 50.6 Å². The molecular formula is C26H28FN3O. The van der Waals surface area contributed by atoms with Crippen molar-refractivity contribution >= 4 is 11.6 Å². The molecule has 2 unspecified atom stereocenters. The summed E-state index contributed by atoms with van der Waals surface area (Å²) >= 11 is 0. The van der Waals surface area contributed by atoms with Gasteiger partial charge in [-0.15, -0.1) is 0 Å². The van der Waals surface area contributed by atoms with Gasteiger partial charge in [0.2, 0.25) is 0 Å². The van der Waals surface area contributed by atoms with Crippen molar-refractivity contribution in [2.45, 2.75) is 31.7 Å². The molecule has 0 spiro atoms. The molecule has 0 saturated carbocycles. The van der Waals surface area contributed by atoms with E-state index in [1.807, 2.05) is 18.0 Å². The standard InChI is InChI=1S/C26H28FN3O/c1-17-23-12-11-22(29(2)3)15-19(23)8-14-25(17)30(4)26(31)24-13-7-20(16-28-24)18-5-9-21(27)10-6-18/h5-7,9-13,15-17,25H,8,14H2,1-4H3. The van der Waals surface area contributed by atoms with Gasteiger partial charge < -0.3 is 9.80 Å². The van der Waals surface area contributed by atoms with Gasteiger partial charge in [-0.1, -0.05) is 31.2 Å². The van der Waals surface area contributed by atoms with Crippen LogP contribution in [-0.4, -0.2) is 43.0 Å². The molecule has 1 aliphatic rings. The summed E-state index contributed by atoms with van der Waals surface area (Å²) in [5.41, 5.74) is 6.05. The number of benzene rings is 2. The Kier molecular flexibility index (Phi) is 5.77. The molecule has 2 aromatic carbocycles. The number of halogens is 1. The summed E-state index contributed by atoms with van der Waals surface area (Å²) in [6.45, 7) is 2.20. The van der Waals surface area contributed by atoms with Crippen LogP contribution >= 0.6 is 0 Å². The molecule has 160 valence electrons. The Morgan fingerprint density at radius 2 is 1.71 bits per heavy atom. The summed E-state index contributed by atoms with van der Waals surface area (Å²) in [6.07, 6.45) is 3.57. The van der Waals surface area contributed by atoms with Gasteiger partial charge in [-0.25, -0.2) is 4.39 Å². The van der Waals surface area contributed by atoms with Gasteiger partial charge in [-0.2, -0.15) is 0 Å². The van der Waals surface area contributed by atoms with Crippen molar-refractivity contribution in [1.29, 1.82) is 0 Å². The van der Waals surface area contributed by atoms with Crippen LogP contribution in [0.3, 0.4) is 0 Å². The van der Waals surface area contributed by atoms with Crippen molar-refractivity contribution in [2.75, 3.05) is 26.0 Å². The molecule has 0 bridgehead atoms. The van der Waals surface area contributed by atoms with Crippen LogP contribution in [0, 0.1) is 5.82 Å². The van der Waals surface area contributed by atoms with Crippen molar-refractivity contribution in [3.63, 3.8) is 0 Å². The number of hydrogen-bond donors (Lipinski definition) is 0. The summed E-state index contributed by atoms with van der Waals surface area (Å²) in [4.78, 5) is 21.5. The van der Waals surface area contributed by atoms with Crippen molar-refractivity contribution < 1.29 is 9.18 Å². The highest BCUT2D eigenvalue weighted by Crippen LogP contribution is 2.36. The van der Waals surface area contributed by atoms with E-state index in [2.05, 4.69) is 49.1 Å². The van der Waals surface area contributed by atoms with Crippen molar-refractivity contribution in [3.05, 3.63) is 83.4 Å². The van der Waals surface area contributed by atoms with Crippen LogP contribution in [0.25, 0.3) is 11.1 Å². The Balaban J connectivity index is 1.51. The fourth-order valence-corrected chi connectivity index (χ4v) is 4.49. The van der Waals surface area contributed by atoms with E-state index in [1.165, 1.54) is 28.9 Å². The van der Waals surface area contributed by atoms with Gasteiger partial charge in [0.25, 0.3) is 5.91 Å². The van der Waals surface area contributed by atoms with E-state index in [0.717, 1.165) is 24.0 Å². The molecule has 2 atom stereocenters. The lowest BCUT2D eigenvalue weighted by molar-refractivity contribution is 0.0690. The van der Waals surface area contributed by atoms with Gasteiger partial charge in [0.15, 0.2) is 0 Å². The Morgan fingerprint density at radius 3 is 2.35 bits per heavy atom. The minimum atomic E-state index is -0.272. The molecular weight excluding hydrogens is 389 g/mol. The zero-order chi connectivity index (χ0) is 22.1. The molecule has 0 N–H and O–H groups in total. The molecule has 4 rings (SSSR count). The molecule has 1 amide bonds. The average molecular weight is 418 g/mol. The molecule has 1 heterocycles. The number of aromatic nitrogens is 1. The van der Waals surface area contributed by atoms with Crippen LogP contribution in [0.5, 0.6) is 0 Å². The third-order valence-electron chi connectivity index (χ3n) is 6.40. The number of carbonyl (C=O) groups is 1. The Morgan fingerprint density at radius 1 is 1.00 bits per heavy atom. The smallest absolute Gasteiger partial charge is 0.272 e. The largest absolute Gasteiger partial charge is 0.378 e. The molecule has 0 fully saturated rings. The lowest BCUT2D eigenvalue weighted by Gasteiger charge is -2.38. The Bertz CT molecular complexity index is 1080. The molecule has 1 aliphatic carbocycles. The van der Waals surface area contributed by atoms with E-state index < -0.39 is 0 Å². The number of nitrogens with zero attached hydrogens (tertiary/aromatic N) is 3. The van der Waals surface area contributed by atoms with Crippen LogP contribution in [0.2, 0.25) is 0 Å². The number of carbonyl (C=O) groups excluding carboxylic acids is 1. The van der Waals surface area contributed by atoms with Crippen molar-refractivity contribution in [1.82, 2.24) is 9.88 Å². The topological polar surface area (TPSA) is 36.4 Å². The first-order valence-electron chi connectivity index (χ1n) is 10.6. The predicted molar refractivity (Wildman–Crippen MR) is 123 cm³/mol. The van der Waals surface area contributed by atoms with Gasteiger partial charge in [0.05, 0.1) is 0 Å². The maximum Gasteiger partial charge on any atom is 0.272 e. The van der Waals surface area contributed by atoms with E-state index in [-0.39, 0.29) is 23.7 Å². The van der Waals surface area contributed by atoms with Crippen LogP contribution in [0.4, 0.5) is 10.1 Å². The van der Waals surface area contributed by atoms with E-state index in [1.54, 1.807) is 24.4 Å². The molecule has 0 radical (unpaired) electrons. The van der Waals surface area contributed by atoms with Gasteiger partial charge in [0.1, 0.15) is 11.5 Å². The van der Waals surface area contributed by atoms with E-state index in [9.17, 15) is 9.18 Å². The highest BCUT2D eigenvalue weighted by molar-refractivity contribution is 5.92. The van der Waals surface area contributed by atoms with Crippen LogP contribution < -0.4 is 4.90 Å². The summed E-state index contributed by atoms with van der Waals surface area (Å²) < 4.78 is 13.1. The molecule has 31 heavy (non-hydrogen) atoms. The summed E-state index contributed by atoms with van der Waals surface area (Å²) in [6, 6.07) is 16.6. The SMILES string of the molecule is CC1c2ccc(N(C)C)cc2CCC1N(C)C(=O)c1ccc(-c2ccc(F)cc2)cn1. The molecule has 3 aromatic rings. The second-order valence-corrected chi connectivity index (χ2v) is 8.53. The predicted octanol–water partition coefficient (Wildman–Crippen LogP) is 5.14. The number of hydrogen-bond acceptors (Lipinski definition) is 3. The Labute approximate surface area is 183 Å². The highest BCUT2D eigenvalue weighted by atomic mass is 19.1. The number of aryl methyl sites for hydroxylation is 1. The van der Waals surface area contributed by atoms with E-state index in [0.29, 0.717) is 5.69 Å². The van der Waals surface area contributed by atoms with Gasteiger partial charge >= 0.3 is 0 Å².